The summed E-state index contributed by atoms with van der Waals surface area (Å²) in [6.07, 6.45) is 2.23. The molecule has 1 amide bonds. The number of nitrogens with one attached hydrogen (secondary N) is 2. The van der Waals surface area contributed by atoms with Gasteiger partial charge in [-0.25, -0.2) is 4.98 Å². The van der Waals surface area contributed by atoms with Gasteiger partial charge in [-0.2, -0.15) is 0 Å². The fourth-order valence-corrected chi connectivity index (χ4v) is 2.59. The fraction of sp³-hybridized carbons (Fsp3) is 0.364. The minimum absolute atomic E-state index is 0.0676. The van der Waals surface area contributed by atoms with Crippen LogP contribution in [0.2, 0.25) is 0 Å². The van der Waals surface area contributed by atoms with Gasteiger partial charge in [-0.15, -0.1) is 0 Å². The maximum atomic E-state index is 11.3. The summed E-state index contributed by atoms with van der Waals surface area (Å²) in [5.74, 6) is 0.0684. The normalized spacial score (nSPS) is 19.8. The zero-order valence-corrected chi connectivity index (χ0v) is 10.2. The Morgan fingerprint density at radius 2 is 2.41 bits per heavy atom. The molecule has 2 aromatic heterocycles. The van der Waals surface area contributed by atoms with Gasteiger partial charge in [0.2, 0.25) is 5.91 Å². The van der Waals surface area contributed by atoms with E-state index >= 15 is 0 Å². The molecule has 0 saturated carbocycles. The van der Waals surface area contributed by atoms with Crippen LogP contribution in [0.15, 0.2) is 12.3 Å². The average Bonchev–Trinajstić information content (AvgIpc) is 2.82. The van der Waals surface area contributed by atoms with Crippen LogP contribution in [0.3, 0.4) is 0 Å². The van der Waals surface area contributed by atoms with Gasteiger partial charge in [0.15, 0.2) is 10.4 Å². The smallest absolute Gasteiger partial charge is 0.222 e. The maximum absolute atomic E-state index is 11.3. The van der Waals surface area contributed by atoms with Gasteiger partial charge in [-0.3, -0.25) is 9.36 Å². The third kappa shape index (κ3) is 1.56. The Hall–Kier alpha value is -1.69. The highest BCUT2D eigenvalue weighted by Crippen LogP contribution is 2.23. The van der Waals surface area contributed by atoms with Gasteiger partial charge in [0.05, 0.1) is 11.6 Å². The minimum atomic E-state index is 0.0676. The number of aryl methyl sites for hydroxylation is 1. The van der Waals surface area contributed by atoms with Crippen molar-refractivity contribution in [3.8, 4) is 0 Å². The molecule has 17 heavy (non-hydrogen) atoms. The van der Waals surface area contributed by atoms with E-state index in [1.54, 1.807) is 6.20 Å². The van der Waals surface area contributed by atoms with E-state index in [9.17, 15) is 4.79 Å². The largest absolute Gasteiger partial charge is 0.354 e. The van der Waals surface area contributed by atoms with Crippen molar-refractivity contribution < 1.29 is 4.79 Å². The van der Waals surface area contributed by atoms with Gasteiger partial charge in [0.25, 0.3) is 0 Å². The van der Waals surface area contributed by atoms with E-state index in [0.29, 0.717) is 17.7 Å². The van der Waals surface area contributed by atoms with Gasteiger partial charge in [0.1, 0.15) is 0 Å². The molecule has 1 saturated heterocycles. The number of hydrogen-bond acceptors (Lipinski definition) is 3. The molecule has 1 aliphatic rings. The van der Waals surface area contributed by atoms with Crippen LogP contribution in [-0.2, 0) is 4.79 Å². The summed E-state index contributed by atoms with van der Waals surface area (Å²) in [7, 11) is 0. The number of aromatic amines is 1. The fourth-order valence-electron chi connectivity index (χ4n) is 2.26. The Kier molecular flexibility index (Phi) is 2.25. The number of rotatable bonds is 1. The van der Waals surface area contributed by atoms with Crippen LogP contribution in [0.5, 0.6) is 0 Å². The van der Waals surface area contributed by atoms with E-state index in [1.165, 1.54) is 0 Å². The first-order valence-corrected chi connectivity index (χ1v) is 5.90. The second-order valence-corrected chi connectivity index (χ2v) is 4.68. The van der Waals surface area contributed by atoms with Crippen LogP contribution in [0.1, 0.15) is 18.0 Å². The highest BCUT2D eigenvalue weighted by atomic mass is 32.1. The quantitative estimate of drug-likeness (QED) is 0.751. The standard InChI is InChI=1S/C11H12N4OS/c1-6-2-3-12-10-9(6)14-11(17)15(10)7-4-8(16)13-5-7/h2-3,7H,4-5H2,1H3,(H,13,16)(H,14,17). The molecule has 3 rings (SSSR count). The summed E-state index contributed by atoms with van der Waals surface area (Å²) in [4.78, 5) is 18.8. The van der Waals surface area contributed by atoms with Crippen molar-refractivity contribution in [2.24, 2.45) is 0 Å². The predicted molar refractivity (Wildman–Crippen MR) is 66.3 cm³/mol. The second kappa shape index (κ2) is 3.66. The molecule has 0 bridgehead atoms. The van der Waals surface area contributed by atoms with Gasteiger partial charge in [-0.1, -0.05) is 0 Å². The zero-order chi connectivity index (χ0) is 12.0. The summed E-state index contributed by atoms with van der Waals surface area (Å²) < 4.78 is 2.57. The molecule has 5 nitrogen and oxygen atoms in total. The maximum Gasteiger partial charge on any atom is 0.222 e. The number of carbonyl (C=O) groups is 1. The molecule has 2 aromatic rings. The number of fused-ring (bicyclic) bond motifs is 1. The number of imidazole rings is 1. The Morgan fingerprint density at radius 1 is 1.59 bits per heavy atom. The van der Waals surface area contributed by atoms with Crippen molar-refractivity contribution in [1.29, 1.82) is 0 Å². The third-order valence-corrected chi connectivity index (χ3v) is 3.44. The summed E-state index contributed by atoms with van der Waals surface area (Å²) in [5.41, 5.74) is 2.89. The van der Waals surface area contributed by atoms with E-state index in [4.69, 9.17) is 12.2 Å². The number of hydrogen-bond donors (Lipinski definition) is 2. The molecule has 0 spiro atoms. The molecule has 0 aromatic carbocycles. The summed E-state index contributed by atoms with van der Waals surface area (Å²) in [6, 6.07) is 2.01. The van der Waals surface area contributed by atoms with Crippen LogP contribution in [0, 0.1) is 11.7 Å². The van der Waals surface area contributed by atoms with Gasteiger partial charge < -0.3 is 10.3 Å². The zero-order valence-electron chi connectivity index (χ0n) is 9.36. The molecule has 2 N–H and O–H groups in total. The van der Waals surface area contributed by atoms with Crippen LogP contribution < -0.4 is 5.32 Å². The van der Waals surface area contributed by atoms with Crippen molar-refractivity contribution in [3.63, 3.8) is 0 Å². The Labute approximate surface area is 103 Å². The predicted octanol–water partition coefficient (Wildman–Crippen LogP) is 1.46. The van der Waals surface area contributed by atoms with Crippen LogP contribution in [0.4, 0.5) is 0 Å². The molecule has 1 fully saturated rings. The monoisotopic (exact) mass is 248 g/mol. The minimum Gasteiger partial charge on any atom is -0.354 e. The van der Waals surface area contributed by atoms with Crippen molar-refractivity contribution in [3.05, 3.63) is 22.6 Å². The number of pyridine rings is 1. The molecule has 88 valence electrons. The Balaban J connectivity index is 2.22. The lowest BCUT2D eigenvalue weighted by atomic mass is 10.2. The molecule has 0 aliphatic carbocycles. The lowest BCUT2D eigenvalue weighted by Gasteiger charge is -2.09. The van der Waals surface area contributed by atoms with Crippen LogP contribution in [0.25, 0.3) is 11.2 Å². The molecular formula is C11H12N4OS. The molecule has 1 unspecified atom stereocenters. The van der Waals surface area contributed by atoms with Crippen LogP contribution in [-0.4, -0.2) is 27.0 Å². The van der Waals surface area contributed by atoms with Crippen molar-refractivity contribution in [2.75, 3.05) is 6.54 Å². The van der Waals surface area contributed by atoms with E-state index in [-0.39, 0.29) is 11.9 Å². The number of amides is 1. The van der Waals surface area contributed by atoms with Crippen molar-refractivity contribution >= 4 is 29.3 Å². The molecule has 6 heteroatoms. The van der Waals surface area contributed by atoms with E-state index in [0.717, 1.165) is 16.7 Å². The molecule has 0 radical (unpaired) electrons. The molecule has 3 heterocycles. The lowest BCUT2D eigenvalue weighted by Crippen LogP contribution is -2.15. The van der Waals surface area contributed by atoms with Crippen molar-refractivity contribution in [1.82, 2.24) is 19.9 Å². The van der Waals surface area contributed by atoms with Gasteiger partial charge in [0, 0.05) is 19.2 Å². The molecular weight excluding hydrogens is 236 g/mol. The van der Waals surface area contributed by atoms with E-state index in [1.807, 2.05) is 17.6 Å². The van der Waals surface area contributed by atoms with Gasteiger partial charge in [-0.05, 0) is 30.8 Å². The first kappa shape index (κ1) is 10.5. The summed E-state index contributed by atoms with van der Waals surface area (Å²) >= 11 is 5.32. The Morgan fingerprint density at radius 3 is 3.12 bits per heavy atom. The highest BCUT2D eigenvalue weighted by Gasteiger charge is 2.25. The molecule has 1 aliphatic heterocycles. The summed E-state index contributed by atoms with van der Waals surface area (Å²) in [6.45, 7) is 2.63. The van der Waals surface area contributed by atoms with Crippen LogP contribution >= 0.6 is 12.2 Å². The topological polar surface area (TPSA) is 62.7 Å². The lowest BCUT2D eigenvalue weighted by molar-refractivity contribution is -0.119. The number of aromatic nitrogens is 3. The summed E-state index contributed by atoms with van der Waals surface area (Å²) in [5, 5.41) is 2.82. The Bertz CT molecular complexity index is 657. The first-order chi connectivity index (χ1) is 8.16. The number of carbonyl (C=O) groups excluding carboxylic acids is 1. The number of H-pyrrole nitrogens is 1. The van der Waals surface area contributed by atoms with Crippen molar-refractivity contribution in [2.45, 2.75) is 19.4 Å². The van der Waals surface area contributed by atoms with E-state index < -0.39 is 0 Å². The van der Waals surface area contributed by atoms with Gasteiger partial charge >= 0.3 is 0 Å². The van der Waals surface area contributed by atoms with E-state index in [2.05, 4.69) is 15.3 Å². The third-order valence-electron chi connectivity index (χ3n) is 3.14. The highest BCUT2D eigenvalue weighted by molar-refractivity contribution is 7.71. The first-order valence-electron chi connectivity index (χ1n) is 5.49. The number of nitrogens with zero attached hydrogens (tertiary/aromatic N) is 2. The SMILES string of the molecule is Cc1ccnc2c1[nH]c(=S)n2C1CNC(=O)C1. The molecule has 1 atom stereocenters. The second-order valence-electron chi connectivity index (χ2n) is 4.29. The average molecular weight is 248 g/mol.